The molecular formula is C4H7Br. The monoisotopic (exact) mass is 134 g/mol. The molecule has 0 fully saturated rings. The fourth-order valence-electron chi connectivity index (χ4n) is 0.0772. The molecule has 0 saturated heterocycles. The lowest BCUT2D eigenvalue weighted by Gasteiger charge is -1.76. The normalized spacial score (nSPS) is 8.40. The van der Waals surface area contributed by atoms with Gasteiger partial charge < -0.3 is 0 Å². The highest BCUT2D eigenvalue weighted by molar-refractivity contribution is 9.10. The molecule has 0 aromatic carbocycles. The number of hydrogen-bond donors (Lipinski definition) is 0. The van der Waals surface area contributed by atoms with Gasteiger partial charge in [0.05, 0.1) is 0 Å². The molecule has 5 heavy (non-hydrogen) atoms. The van der Waals surface area contributed by atoms with Gasteiger partial charge in [-0.25, -0.2) is 0 Å². The molecule has 0 N–H and O–H groups in total. The van der Waals surface area contributed by atoms with Gasteiger partial charge in [0.15, 0.2) is 0 Å². The third-order valence-electron chi connectivity index (χ3n) is 0.313. The standard InChI is InChI=1S/C4H7Br/c1-2-3-4-5/h4H,1-3H2. The van der Waals surface area contributed by atoms with Crippen LogP contribution in [-0.2, 0) is 0 Å². The van der Waals surface area contributed by atoms with Crippen LogP contribution >= 0.6 is 15.9 Å². The number of rotatable bonds is 2. The SMILES string of the molecule is [CH2]CC[CH]Br. The van der Waals surface area contributed by atoms with Gasteiger partial charge in [0.1, 0.15) is 0 Å². The zero-order valence-corrected chi connectivity index (χ0v) is 4.66. The summed E-state index contributed by atoms with van der Waals surface area (Å²) in [6.07, 6.45) is 2.06. The summed E-state index contributed by atoms with van der Waals surface area (Å²) in [6, 6.07) is 0. The van der Waals surface area contributed by atoms with Crippen LogP contribution in [0.1, 0.15) is 12.8 Å². The van der Waals surface area contributed by atoms with Crippen molar-refractivity contribution in [1.82, 2.24) is 0 Å². The summed E-state index contributed by atoms with van der Waals surface area (Å²) in [7, 11) is 0. The minimum atomic E-state index is 0.991. The number of unbranched alkanes of at least 4 members (excludes halogenated alkanes) is 1. The molecule has 0 spiro atoms. The third kappa shape index (κ3) is 4.48. The first-order valence-electron chi connectivity index (χ1n) is 1.63. The van der Waals surface area contributed by atoms with E-state index in [2.05, 4.69) is 22.9 Å². The molecule has 30 valence electrons. The Hall–Kier alpha value is 0.480. The molecule has 0 aliphatic rings. The molecule has 0 aliphatic carbocycles. The van der Waals surface area contributed by atoms with Crippen LogP contribution in [0.2, 0.25) is 0 Å². The van der Waals surface area contributed by atoms with E-state index in [1.165, 1.54) is 0 Å². The summed E-state index contributed by atoms with van der Waals surface area (Å²) in [5.41, 5.74) is 0. The van der Waals surface area contributed by atoms with Crippen molar-refractivity contribution < 1.29 is 0 Å². The molecule has 0 unspecified atom stereocenters. The molecule has 0 heterocycles. The van der Waals surface area contributed by atoms with Crippen LogP contribution in [0.3, 0.4) is 0 Å². The van der Waals surface area contributed by atoms with Crippen LogP contribution in [0.4, 0.5) is 0 Å². The van der Waals surface area contributed by atoms with E-state index in [1.54, 1.807) is 0 Å². The second kappa shape index (κ2) is 4.48. The Kier molecular flexibility index (Phi) is 4.91. The first-order valence-corrected chi connectivity index (χ1v) is 2.54. The van der Waals surface area contributed by atoms with Crippen molar-refractivity contribution in [3.63, 3.8) is 0 Å². The molecule has 0 saturated carbocycles. The van der Waals surface area contributed by atoms with Gasteiger partial charge in [0, 0.05) is 5.33 Å². The Labute approximate surface area is 41.7 Å². The molecule has 0 aromatic rings. The van der Waals surface area contributed by atoms with Crippen LogP contribution in [0.25, 0.3) is 0 Å². The third-order valence-corrected chi connectivity index (χ3v) is 0.771. The van der Waals surface area contributed by atoms with Crippen molar-refractivity contribution in [2.24, 2.45) is 0 Å². The summed E-state index contributed by atoms with van der Waals surface area (Å²) in [5.74, 6) is 0. The maximum absolute atomic E-state index is 3.61. The highest BCUT2D eigenvalue weighted by atomic mass is 79.9. The summed E-state index contributed by atoms with van der Waals surface area (Å²) >= 11 is 3.14. The topological polar surface area (TPSA) is 0 Å². The van der Waals surface area contributed by atoms with Gasteiger partial charge in [-0.05, 0) is 6.42 Å². The molecule has 0 bridgehead atoms. The second-order valence-electron chi connectivity index (χ2n) is 0.797. The van der Waals surface area contributed by atoms with E-state index >= 15 is 0 Å². The van der Waals surface area contributed by atoms with E-state index in [9.17, 15) is 0 Å². The van der Waals surface area contributed by atoms with Gasteiger partial charge in [0.25, 0.3) is 0 Å². The van der Waals surface area contributed by atoms with Crippen molar-refractivity contribution in [3.8, 4) is 0 Å². The molecule has 0 rings (SSSR count). The lowest BCUT2D eigenvalue weighted by Crippen LogP contribution is -1.57. The van der Waals surface area contributed by atoms with Gasteiger partial charge in [0.2, 0.25) is 0 Å². The molecule has 0 aliphatic heterocycles. The molecule has 0 aromatic heterocycles. The highest BCUT2D eigenvalue weighted by Crippen LogP contribution is 1.96. The predicted molar refractivity (Wildman–Crippen MR) is 27.8 cm³/mol. The van der Waals surface area contributed by atoms with Crippen molar-refractivity contribution in [2.75, 3.05) is 0 Å². The van der Waals surface area contributed by atoms with Crippen molar-refractivity contribution in [3.05, 3.63) is 12.3 Å². The van der Waals surface area contributed by atoms with Gasteiger partial charge in [-0.3, -0.25) is 0 Å². The average Bonchev–Trinajstić information content (AvgIpc) is 1.41. The highest BCUT2D eigenvalue weighted by Gasteiger charge is 1.70. The summed E-state index contributed by atoms with van der Waals surface area (Å²) in [6.45, 7) is 3.61. The van der Waals surface area contributed by atoms with Crippen LogP contribution in [0.15, 0.2) is 0 Å². The Balaban J connectivity index is 2.19. The zero-order valence-electron chi connectivity index (χ0n) is 3.08. The van der Waals surface area contributed by atoms with Crippen molar-refractivity contribution in [1.29, 1.82) is 0 Å². The lowest BCUT2D eigenvalue weighted by atomic mass is 10.4. The van der Waals surface area contributed by atoms with Crippen LogP contribution in [0, 0.1) is 12.3 Å². The first kappa shape index (κ1) is 5.48. The van der Waals surface area contributed by atoms with Gasteiger partial charge >= 0.3 is 0 Å². The molecule has 1 heteroatoms. The summed E-state index contributed by atoms with van der Waals surface area (Å²) in [4.78, 5) is 0. The van der Waals surface area contributed by atoms with Crippen molar-refractivity contribution in [2.45, 2.75) is 12.8 Å². The van der Waals surface area contributed by atoms with Crippen molar-refractivity contribution >= 4 is 15.9 Å². The molecule has 2 radical (unpaired) electrons. The Morgan fingerprint density at radius 3 is 2.40 bits per heavy atom. The van der Waals surface area contributed by atoms with Crippen LogP contribution < -0.4 is 0 Å². The predicted octanol–water partition coefficient (Wildman–Crippen LogP) is 2.16. The second-order valence-corrected chi connectivity index (χ2v) is 1.44. The van der Waals surface area contributed by atoms with E-state index in [0.717, 1.165) is 12.8 Å². The van der Waals surface area contributed by atoms with E-state index in [1.807, 2.05) is 5.33 Å². The average molecular weight is 135 g/mol. The maximum Gasteiger partial charge on any atom is 0.0271 e. The minimum Gasteiger partial charge on any atom is -0.0879 e. The quantitative estimate of drug-likeness (QED) is 0.544. The Morgan fingerprint density at radius 2 is 2.40 bits per heavy atom. The van der Waals surface area contributed by atoms with Gasteiger partial charge in [-0.2, -0.15) is 0 Å². The van der Waals surface area contributed by atoms with E-state index in [-0.39, 0.29) is 0 Å². The lowest BCUT2D eigenvalue weighted by molar-refractivity contribution is 1.04. The minimum absolute atomic E-state index is 0.991. The van der Waals surface area contributed by atoms with E-state index in [4.69, 9.17) is 0 Å². The van der Waals surface area contributed by atoms with Gasteiger partial charge in [-0.1, -0.05) is 29.3 Å². The van der Waals surface area contributed by atoms with Crippen LogP contribution in [0.5, 0.6) is 0 Å². The summed E-state index contributed by atoms with van der Waals surface area (Å²) < 4.78 is 0. The first-order chi connectivity index (χ1) is 2.41. The van der Waals surface area contributed by atoms with Crippen LogP contribution in [-0.4, -0.2) is 0 Å². The zero-order chi connectivity index (χ0) is 4.12. The van der Waals surface area contributed by atoms with E-state index in [0.29, 0.717) is 0 Å². The Bertz CT molecular complexity index is 11.1. The largest absolute Gasteiger partial charge is 0.0879 e. The number of hydrogen-bond acceptors (Lipinski definition) is 0. The summed E-state index contributed by atoms with van der Waals surface area (Å²) in [5, 5.41) is 1.93. The smallest absolute Gasteiger partial charge is 0.0271 e. The fraction of sp³-hybridized carbons (Fsp3) is 0.500. The fourth-order valence-corrected chi connectivity index (χ4v) is 0.401. The molecular weight excluding hydrogens is 128 g/mol. The van der Waals surface area contributed by atoms with Gasteiger partial charge in [-0.15, -0.1) is 0 Å². The molecule has 0 nitrogen and oxygen atoms in total. The Morgan fingerprint density at radius 1 is 1.80 bits per heavy atom. The van der Waals surface area contributed by atoms with E-state index < -0.39 is 0 Å². The maximum atomic E-state index is 3.61. The molecule has 0 amide bonds. The number of halogens is 1. The molecule has 0 atom stereocenters.